The molecule has 9 nitrogen and oxygen atoms in total. The van der Waals surface area contributed by atoms with Gasteiger partial charge in [-0.25, -0.2) is 13.9 Å². The lowest BCUT2D eigenvalue weighted by atomic mass is 10.1. The normalized spacial score (nSPS) is 14.3. The third kappa shape index (κ3) is 3.35. The Hall–Kier alpha value is -2.88. The number of nitro benzene ring substituents is 1. The van der Waals surface area contributed by atoms with Crippen LogP contribution in [0.15, 0.2) is 16.9 Å². The Balaban J connectivity index is 2.13. The first-order valence-corrected chi connectivity index (χ1v) is 8.86. The van der Waals surface area contributed by atoms with Crippen molar-refractivity contribution >= 4 is 23.3 Å². The topological polar surface area (TPSA) is 106 Å². The fraction of sp³-hybridized carbons (Fsp3) is 0.412. The summed E-state index contributed by atoms with van der Waals surface area (Å²) in [5.74, 6) is -2.16. The molecule has 150 valence electrons. The molecule has 1 aliphatic rings. The lowest BCUT2D eigenvalue weighted by Crippen LogP contribution is -2.27. The quantitative estimate of drug-likeness (QED) is 0.424. The van der Waals surface area contributed by atoms with E-state index in [1.807, 2.05) is 0 Å². The van der Waals surface area contributed by atoms with E-state index in [4.69, 9.17) is 16.3 Å². The van der Waals surface area contributed by atoms with Gasteiger partial charge >= 0.3 is 11.7 Å². The molecule has 0 saturated carbocycles. The van der Waals surface area contributed by atoms with Crippen molar-refractivity contribution in [1.82, 2.24) is 9.36 Å². The Labute approximate surface area is 163 Å². The molecule has 11 heteroatoms. The van der Waals surface area contributed by atoms with Gasteiger partial charge in [-0.1, -0.05) is 11.6 Å². The molecule has 2 heterocycles. The maximum absolute atomic E-state index is 14.8. The van der Waals surface area contributed by atoms with Gasteiger partial charge in [0.1, 0.15) is 11.0 Å². The smallest absolute Gasteiger partial charge is 0.346 e. The summed E-state index contributed by atoms with van der Waals surface area (Å²) in [5.41, 5.74) is -1.56. The monoisotopic (exact) mass is 413 g/mol. The van der Waals surface area contributed by atoms with Gasteiger partial charge in [0.25, 0.3) is 5.56 Å². The number of carbonyl (C=O) groups is 1. The number of aromatic nitrogens is 2. The first-order chi connectivity index (χ1) is 13.3. The van der Waals surface area contributed by atoms with Crippen LogP contribution in [0.3, 0.4) is 0 Å². The highest BCUT2D eigenvalue weighted by atomic mass is 35.5. The molecule has 0 fully saturated rings. The van der Waals surface area contributed by atoms with E-state index in [9.17, 15) is 24.1 Å². The van der Waals surface area contributed by atoms with E-state index in [-0.39, 0.29) is 16.3 Å². The molecule has 0 aliphatic carbocycles. The molecule has 1 aromatic heterocycles. The molecule has 0 unspecified atom stereocenters. The number of benzene rings is 1. The van der Waals surface area contributed by atoms with Crippen LogP contribution in [0.4, 0.5) is 10.1 Å². The second-order valence-corrected chi connectivity index (χ2v) is 6.62. The Kier molecular flexibility index (Phi) is 5.41. The summed E-state index contributed by atoms with van der Waals surface area (Å²) in [6.07, 6.45) is 0.402. The molecule has 0 N–H and O–H groups in total. The Morgan fingerprint density at radius 2 is 1.96 bits per heavy atom. The van der Waals surface area contributed by atoms with Gasteiger partial charge in [0, 0.05) is 30.8 Å². The summed E-state index contributed by atoms with van der Waals surface area (Å²) >= 11 is 6.28. The summed E-state index contributed by atoms with van der Waals surface area (Å²) in [5, 5.41) is 11.5. The van der Waals surface area contributed by atoms with Crippen LogP contribution in [-0.4, -0.2) is 33.5 Å². The van der Waals surface area contributed by atoms with Crippen molar-refractivity contribution in [2.24, 2.45) is 0 Å². The van der Waals surface area contributed by atoms with Crippen LogP contribution < -0.4 is 10.3 Å². The number of esters is 1. The second-order valence-electron chi connectivity index (χ2n) is 6.26. The molecule has 0 radical (unpaired) electrons. The third-order valence-electron chi connectivity index (χ3n) is 4.51. The van der Waals surface area contributed by atoms with Gasteiger partial charge in [0.05, 0.1) is 17.6 Å². The fourth-order valence-corrected chi connectivity index (χ4v) is 3.49. The Morgan fingerprint density at radius 1 is 1.32 bits per heavy atom. The zero-order chi connectivity index (χ0) is 20.6. The van der Waals surface area contributed by atoms with Gasteiger partial charge in [-0.3, -0.25) is 19.6 Å². The lowest BCUT2D eigenvalue weighted by Gasteiger charge is -2.17. The SMILES string of the molecule is COC(=O)[C@@H](C)Oc1cc(F)c(-c2c(Cl)n3n(c2=O)CCCC3)cc1[N+](=O)[O-]. The van der Waals surface area contributed by atoms with Crippen LogP contribution in [0.2, 0.25) is 5.15 Å². The summed E-state index contributed by atoms with van der Waals surface area (Å²) in [6.45, 7) is 2.24. The van der Waals surface area contributed by atoms with Crippen molar-refractivity contribution in [1.29, 1.82) is 0 Å². The number of nitrogens with zero attached hydrogens (tertiary/aromatic N) is 3. The minimum Gasteiger partial charge on any atom is -0.472 e. The Bertz CT molecular complexity index is 1020. The molecule has 1 aliphatic heterocycles. The Morgan fingerprint density at radius 3 is 2.54 bits per heavy atom. The summed E-state index contributed by atoms with van der Waals surface area (Å²) in [7, 11) is 1.13. The van der Waals surface area contributed by atoms with E-state index >= 15 is 0 Å². The standard InChI is InChI=1S/C17H17ClFN3O6/c1-9(17(24)27-2)28-13-8-11(19)10(7-12(13)22(25)26)14-15(18)20-5-3-4-6-21(20)16(14)23/h7-9H,3-6H2,1-2H3/t9-/m1/s1. The largest absolute Gasteiger partial charge is 0.472 e. The number of rotatable bonds is 5. The van der Waals surface area contributed by atoms with Crippen molar-refractivity contribution in [2.45, 2.75) is 39.0 Å². The van der Waals surface area contributed by atoms with E-state index in [1.165, 1.54) is 16.3 Å². The number of carbonyl (C=O) groups excluding carboxylic acids is 1. The lowest BCUT2D eigenvalue weighted by molar-refractivity contribution is -0.386. The van der Waals surface area contributed by atoms with Crippen molar-refractivity contribution in [3.05, 3.63) is 43.6 Å². The fourth-order valence-electron chi connectivity index (χ4n) is 3.13. The number of methoxy groups -OCH3 is 1. The van der Waals surface area contributed by atoms with E-state index in [1.54, 1.807) is 0 Å². The first-order valence-electron chi connectivity index (χ1n) is 8.48. The van der Waals surface area contributed by atoms with Crippen LogP contribution in [0.1, 0.15) is 19.8 Å². The number of fused-ring (bicyclic) bond motifs is 1. The molecule has 1 atom stereocenters. The molecule has 0 spiro atoms. The van der Waals surface area contributed by atoms with Crippen LogP contribution in [-0.2, 0) is 22.6 Å². The second kappa shape index (κ2) is 7.63. The van der Waals surface area contributed by atoms with E-state index in [0.717, 1.165) is 32.1 Å². The molecule has 28 heavy (non-hydrogen) atoms. The number of nitro groups is 1. The van der Waals surface area contributed by atoms with E-state index in [2.05, 4.69) is 4.74 Å². The summed E-state index contributed by atoms with van der Waals surface area (Å²) in [6, 6.07) is 1.66. The molecule has 1 aromatic carbocycles. The molecule has 0 bridgehead atoms. The van der Waals surface area contributed by atoms with Crippen molar-refractivity contribution < 1.29 is 23.6 Å². The molecular weight excluding hydrogens is 397 g/mol. The van der Waals surface area contributed by atoms with Crippen LogP contribution in [0.25, 0.3) is 11.1 Å². The third-order valence-corrected chi connectivity index (χ3v) is 4.90. The molecule has 2 aromatic rings. The highest BCUT2D eigenvalue weighted by Crippen LogP contribution is 2.37. The summed E-state index contributed by atoms with van der Waals surface area (Å²) in [4.78, 5) is 34.9. The maximum Gasteiger partial charge on any atom is 0.346 e. The van der Waals surface area contributed by atoms with Gasteiger partial charge in [-0.05, 0) is 19.8 Å². The molecule has 3 rings (SSSR count). The van der Waals surface area contributed by atoms with Gasteiger partial charge in [-0.2, -0.15) is 0 Å². The molecule has 0 saturated heterocycles. The number of hydrogen-bond donors (Lipinski definition) is 0. The molecular formula is C17H17ClFN3O6. The van der Waals surface area contributed by atoms with E-state index in [0.29, 0.717) is 13.1 Å². The molecule has 0 amide bonds. The van der Waals surface area contributed by atoms with Gasteiger partial charge < -0.3 is 9.47 Å². The van der Waals surface area contributed by atoms with Crippen molar-refractivity contribution in [2.75, 3.05) is 7.11 Å². The van der Waals surface area contributed by atoms with Crippen LogP contribution in [0.5, 0.6) is 5.75 Å². The van der Waals surface area contributed by atoms with Crippen molar-refractivity contribution in [3.63, 3.8) is 0 Å². The minimum absolute atomic E-state index is 0.0227. The van der Waals surface area contributed by atoms with Gasteiger partial charge in [0.15, 0.2) is 6.10 Å². The van der Waals surface area contributed by atoms with Gasteiger partial charge in [-0.15, -0.1) is 0 Å². The highest BCUT2D eigenvalue weighted by Gasteiger charge is 2.29. The maximum atomic E-state index is 14.8. The highest BCUT2D eigenvalue weighted by molar-refractivity contribution is 6.32. The number of ether oxygens (including phenoxy) is 2. The van der Waals surface area contributed by atoms with Gasteiger partial charge in [0.2, 0.25) is 5.75 Å². The average Bonchev–Trinajstić information content (AvgIpc) is 2.92. The average molecular weight is 414 g/mol. The zero-order valence-corrected chi connectivity index (χ0v) is 15.9. The summed E-state index contributed by atoms with van der Waals surface area (Å²) < 4.78 is 27.4. The number of hydrogen-bond acceptors (Lipinski definition) is 6. The number of halogens is 2. The van der Waals surface area contributed by atoms with Crippen molar-refractivity contribution in [3.8, 4) is 16.9 Å². The van der Waals surface area contributed by atoms with E-state index < -0.39 is 39.8 Å². The predicted octanol–water partition coefficient (Wildman–Crippen LogP) is 2.75. The first kappa shape index (κ1) is 19.9. The predicted molar refractivity (Wildman–Crippen MR) is 97.1 cm³/mol. The van der Waals surface area contributed by atoms with Crippen LogP contribution >= 0.6 is 11.6 Å². The van der Waals surface area contributed by atoms with Crippen LogP contribution in [0, 0.1) is 15.9 Å². The zero-order valence-electron chi connectivity index (χ0n) is 15.1. The minimum atomic E-state index is -1.19.